The van der Waals surface area contributed by atoms with E-state index in [1.807, 2.05) is 0 Å². The van der Waals surface area contributed by atoms with E-state index in [2.05, 4.69) is 10.3 Å². The molecule has 0 radical (unpaired) electrons. The van der Waals surface area contributed by atoms with Crippen molar-refractivity contribution in [1.82, 2.24) is 10.3 Å². The van der Waals surface area contributed by atoms with Gasteiger partial charge in [0.15, 0.2) is 6.04 Å². The van der Waals surface area contributed by atoms with Crippen LogP contribution in [-0.4, -0.2) is 22.0 Å². The molecule has 0 bridgehead atoms. The molecule has 0 saturated heterocycles. The number of nitrogens with zero attached hydrogens (tertiary/aromatic N) is 1. The van der Waals surface area contributed by atoms with Gasteiger partial charge in [-0.1, -0.05) is 11.6 Å². The zero-order chi connectivity index (χ0) is 10.7. The van der Waals surface area contributed by atoms with Gasteiger partial charge in [0.2, 0.25) is 5.91 Å². The van der Waals surface area contributed by atoms with Gasteiger partial charge in [-0.2, -0.15) is 0 Å². The molecule has 1 amide bonds. The van der Waals surface area contributed by atoms with Gasteiger partial charge in [0.1, 0.15) is 9.34 Å². The summed E-state index contributed by atoms with van der Waals surface area (Å²) in [5.41, 5.74) is 0. The Morgan fingerprint density at radius 1 is 1.71 bits per heavy atom. The molecule has 0 saturated carbocycles. The predicted molar refractivity (Wildman–Crippen MR) is 51.3 cm³/mol. The minimum absolute atomic E-state index is 0.262. The molecule has 0 fully saturated rings. The van der Waals surface area contributed by atoms with E-state index in [1.165, 1.54) is 13.1 Å². The Bertz CT molecular complexity index is 366. The molecule has 0 aliphatic heterocycles. The molecule has 7 heteroatoms. The molecule has 1 aromatic heterocycles. The molecule has 1 unspecified atom stereocenters. The number of halogens is 1. The van der Waals surface area contributed by atoms with Gasteiger partial charge in [-0.3, -0.25) is 4.79 Å². The highest BCUT2D eigenvalue weighted by Crippen LogP contribution is 2.23. The third kappa shape index (κ3) is 2.68. The fraction of sp³-hybridized carbons (Fsp3) is 0.286. The molecular formula is C7H7ClN2O3S. The van der Waals surface area contributed by atoms with Crippen LogP contribution in [0, 0.1) is 0 Å². The van der Waals surface area contributed by atoms with E-state index >= 15 is 0 Å². The fourth-order valence-electron chi connectivity index (χ4n) is 0.833. The smallest absolute Gasteiger partial charge is 0.333 e. The van der Waals surface area contributed by atoms with Gasteiger partial charge in [-0.25, -0.2) is 9.78 Å². The molecule has 1 heterocycles. The topological polar surface area (TPSA) is 79.3 Å². The van der Waals surface area contributed by atoms with Crippen molar-refractivity contribution in [1.29, 1.82) is 0 Å². The van der Waals surface area contributed by atoms with E-state index in [-0.39, 0.29) is 5.01 Å². The Hall–Kier alpha value is -1.14. The van der Waals surface area contributed by atoms with E-state index in [0.717, 1.165) is 11.3 Å². The predicted octanol–water partition coefficient (Wildman–Crippen LogP) is 1.06. The summed E-state index contributed by atoms with van der Waals surface area (Å²) in [7, 11) is 0. The first-order valence-corrected chi connectivity index (χ1v) is 4.81. The molecule has 1 aromatic rings. The number of nitrogens with one attached hydrogen (secondary N) is 1. The van der Waals surface area contributed by atoms with Gasteiger partial charge >= 0.3 is 5.97 Å². The summed E-state index contributed by atoms with van der Waals surface area (Å²) < 4.78 is 0.386. The second-order valence-electron chi connectivity index (χ2n) is 2.47. The fourth-order valence-corrected chi connectivity index (χ4v) is 1.81. The van der Waals surface area contributed by atoms with Gasteiger partial charge in [-0.05, 0) is 0 Å². The lowest BCUT2D eigenvalue weighted by Crippen LogP contribution is -2.31. The summed E-state index contributed by atoms with van der Waals surface area (Å²) in [6.07, 6.45) is 1.35. The molecule has 2 N–H and O–H groups in total. The Kier molecular flexibility index (Phi) is 3.43. The number of hydrogen-bond acceptors (Lipinski definition) is 4. The van der Waals surface area contributed by atoms with E-state index in [1.54, 1.807) is 0 Å². The average Bonchev–Trinajstić information content (AvgIpc) is 2.46. The number of aliphatic carboxylic acids is 1. The van der Waals surface area contributed by atoms with E-state index < -0.39 is 17.9 Å². The van der Waals surface area contributed by atoms with Gasteiger partial charge < -0.3 is 10.4 Å². The van der Waals surface area contributed by atoms with Crippen molar-refractivity contribution >= 4 is 34.8 Å². The van der Waals surface area contributed by atoms with Crippen molar-refractivity contribution < 1.29 is 14.7 Å². The number of carboxylic acid groups (broad SMARTS) is 1. The lowest BCUT2D eigenvalue weighted by molar-refractivity contribution is -0.141. The quantitative estimate of drug-likeness (QED) is 0.820. The standard InChI is InChI=1S/C7H7ClN2O3S/c1-3(11)10-5(7(12)13)6-9-2-4(8)14-6/h2,5H,1H3,(H,10,11)(H,12,13). The van der Waals surface area contributed by atoms with Crippen LogP contribution in [0.3, 0.4) is 0 Å². The zero-order valence-corrected chi connectivity index (χ0v) is 8.72. The molecule has 1 rings (SSSR count). The van der Waals surface area contributed by atoms with Crippen LogP contribution < -0.4 is 5.32 Å². The van der Waals surface area contributed by atoms with E-state index in [4.69, 9.17) is 16.7 Å². The van der Waals surface area contributed by atoms with Gasteiger partial charge in [0.05, 0.1) is 6.20 Å². The number of amides is 1. The van der Waals surface area contributed by atoms with Crippen molar-refractivity contribution in [3.63, 3.8) is 0 Å². The molecule has 76 valence electrons. The number of hydrogen-bond donors (Lipinski definition) is 2. The maximum atomic E-state index is 10.8. The highest BCUT2D eigenvalue weighted by molar-refractivity contribution is 7.16. The van der Waals surface area contributed by atoms with E-state index in [0.29, 0.717) is 4.34 Å². The van der Waals surface area contributed by atoms with Crippen LogP contribution >= 0.6 is 22.9 Å². The highest BCUT2D eigenvalue weighted by atomic mass is 35.5. The summed E-state index contributed by atoms with van der Waals surface area (Å²) in [6, 6.07) is -1.12. The van der Waals surface area contributed by atoms with Gasteiger partial charge in [-0.15, -0.1) is 11.3 Å². The zero-order valence-electron chi connectivity index (χ0n) is 7.15. The minimum atomic E-state index is -1.16. The second-order valence-corrected chi connectivity index (χ2v) is 4.17. The second kappa shape index (κ2) is 4.39. The Morgan fingerprint density at radius 3 is 2.71 bits per heavy atom. The van der Waals surface area contributed by atoms with Crippen molar-refractivity contribution in [3.05, 3.63) is 15.5 Å². The number of carbonyl (C=O) groups is 2. The van der Waals surface area contributed by atoms with Crippen molar-refractivity contribution in [3.8, 4) is 0 Å². The van der Waals surface area contributed by atoms with Crippen LogP contribution in [0.5, 0.6) is 0 Å². The molecule has 0 aromatic carbocycles. The van der Waals surface area contributed by atoms with Crippen LogP contribution in [0.25, 0.3) is 0 Å². The largest absolute Gasteiger partial charge is 0.479 e. The Morgan fingerprint density at radius 2 is 2.36 bits per heavy atom. The minimum Gasteiger partial charge on any atom is -0.479 e. The first kappa shape index (κ1) is 10.9. The lowest BCUT2D eigenvalue weighted by Gasteiger charge is -2.09. The number of thiazole rings is 1. The number of carbonyl (C=O) groups excluding carboxylic acids is 1. The lowest BCUT2D eigenvalue weighted by atomic mass is 10.3. The molecule has 5 nitrogen and oxygen atoms in total. The highest BCUT2D eigenvalue weighted by Gasteiger charge is 2.23. The molecule has 0 spiro atoms. The maximum absolute atomic E-state index is 10.8. The maximum Gasteiger partial charge on any atom is 0.333 e. The summed E-state index contributed by atoms with van der Waals surface area (Å²) in [6.45, 7) is 1.24. The van der Waals surface area contributed by atoms with Crippen LogP contribution in [0.4, 0.5) is 0 Å². The first-order chi connectivity index (χ1) is 6.50. The normalized spacial score (nSPS) is 12.1. The number of aromatic nitrogens is 1. The van der Waals surface area contributed by atoms with Crippen LogP contribution in [-0.2, 0) is 9.59 Å². The van der Waals surface area contributed by atoms with Crippen LogP contribution in [0.2, 0.25) is 4.34 Å². The van der Waals surface area contributed by atoms with Crippen molar-refractivity contribution in [2.24, 2.45) is 0 Å². The number of carboxylic acids is 1. The summed E-state index contributed by atoms with van der Waals surface area (Å²) >= 11 is 6.62. The third-order valence-electron chi connectivity index (χ3n) is 1.34. The van der Waals surface area contributed by atoms with Crippen LogP contribution in [0.1, 0.15) is 18.0 Å². The Labute approximate surface area is 88.7 Å². The van der Waals surface area contributed by atoms with E-state index in [9.17, 15) is 9.59 Å². The van der Waals surface area contributed by atoms with Gasteiger partial charge in [0.25, 0.3) is 0 Å². The van der Waals surface area contributed by atoms with Gasteiger partial charge in [0, 0.05) is 6.92 Å². The monoisotopic (exact) mass is 234 g/mol. The molecule has 1 atom stereocenters. The molecule has 0 aliphatic rings. The summed E-state index contributed by atoms with van der Waals surface area (Å²) in [5, 5.41) is 11.3. The summed E-state index contributed by atoms with van der Waals surface area (Å²) in [4.78, 5) is 25.2. The number of rotatable bonds is 3. The third-order valence-corrected chi connectivity index (χ3v) is 2.52. The molecule has 14 heavy (non-hydrogen) atoms. The average molecular weight is 235 g/mol. The SMILES string of the molecule is CC(=O)NC(C(=O)O)c1ncc(Cl)s1. The van der Waals surface area contributed by atoms with Crippen molar-refractivity contribution in [2.75, 3.05) is 0 Å². The van der Waals surface area contributed by atoms with Crippen molar-refractivity contribution in [2.45, 2.75) is 13.0 Å². The molecular weight excluding hydrogens is 228 g/mol. The van der Waals surface area contributed by atoms with Crippen LogP contribution in [0.15, 0.2) is 6.20 Å². The first-order valence-electron chi connectivity index (χ1n) is 3.62. The summed E-state index contributed by atoms with van der Waals surface area (Å²) in [5.74, 6) is -1.59. The Balaban J connectivity index is 2.88. The molecule has 0 aliphatic carbocycles.